The van der Waals surface area contributed by atoms with Gasteiger partial charge in [-0.25, -0.2) is 0 Å². The molecule has 0 aromatic heterocycles. The second-order valence-corrected chi connectivity index (χ2v) is 5.46. The summed E-state index contributed by atoms with van der Waals surface area (Å²) in [5.41, 5.74) is 0. The van der Waals surface area contributed by atoms with Gasteiger partial charge in [0.05, 0.1) is 26.4 Å². The van der Waals surface area contributed by atoms with Crippen LogP contribution in [0.25, 0.3) is 0 Å². The fraction of sp³-hybridized carbons (Fsp3) is 1.00. The van der Waals surface area contributed by atoms with E-state index in [1.54, 1.807) is 0 Å². The van der Waals surface area contributed by atoms with Gasteiger partial charge >= 0.3 is 0 Å². The van der Waals surface area contributed by atoms with Crippen LogP contribution in [0.1, 0.15) is 52.4 Å². The van der Waals surface area contributed by atoms with Gasteiger partial charge in [-0.05, 0) is 12.5 Å². The van der Waals surface area contributed by atoms with Crippen molar-refractivity contribution in [3.63, 3.8) is 0 Å². The van der Waals surface area contributed by atoms with Crippen molar-refractivity contribution in [1.82, 2.24) is 0 Å². The first-order chi connectivity index (χ1) is 8.91. The summed E-state index contributed by atoms with van der Waals surface area (Å²) in [6.45, 7) is 8.10. The molecule has 0 rings (SSSR count). The summed E-state index contributed by atoms with van der Waals surface area (Å²) >= 11 is 0. The van der Waals surface area contributed by atoms with E-state index in [9.17, 15) is 0 Å². The van der Waals surface area contributed by atoms with E-state index in [0.717, 1.165) is 13.2 Å². The fourth-order valence-corrected chi connectivity index (χ4v) is 2.05. The van der Waals surface area contributed by atoms with Crippen LogP contribution in [-0.4, -0.2) is 42.8 Å². The van der Waals surface area contributed by atoms with E-state index in [1.165, 1.54) is 44.6 Å². The highest BCUT2D eigenvalue weighted by Gasteiger charge is 1.93. The van der Waals surface area contributed by atoms with Crippen LogP contribution in [-0.2, 0) is 13.9 Å². The van der Waals surface area contributed by atoms with E-state index < -0.39 is 0 Å². The quantitative estimate of drug-likeness (QED) is 0.338. The predicted octanol–water partition coefficient (Wildman–Crippen LogP) is 3.45. The Bertz CT molecular complexity index is 129. The van der Waals surface area contributed by atoms with Crippen LogP contribution in [0.5, 0.6) is 0 Å². The van der Waals surface area contributed by atoms with Crippen molar-refractivity contribution in [3.8, 4) is 0 Å². The summed E-state index contributed by atoms with van der Waals surface area (Å²) in [7, 11) is 0.633. The number of hydrogen-bond acceptors (Lipinski definition) is 3. The zero-order valence-corrected chi connectivity index (χ0v) is 13.2. The van der Waals surface area contributed by atoms with Gasteiger partial charge in [0.25, 0.3) is 0 Å². The molecule has 0 aliphatic carbocycles. The van der Waals surface area contributed by atoms with Crippen LogP contribution in [0.15, 0.2) is 0 Å². The van der Waals surface area contributed by atoms with Gasteiger partial charge in [0.1, 0.15) is 0 Å². The standard InChI is InChI=1S/C14H30O3Si/c1-3-5-6-7-8-9-15-10-11-16-12-13-17-18-14-4-2/h3-14H2,1-2H3. The molecule has 2 radical (unpaired) electrons. The van der Waals surface area contributed by atoms with Crippen LogP contribution < -0.4 is 0 Å². The maximum Gasteiger partial charge on any atom is 0.229 e. The van der Waals surface area contributed by atoms with E-state index in [0.29, 0.717) is 29.6 Å². The van der Waals surface area contributed by atoms with Crippen molar-refractivity contribution in [2.45, 2.75) is 58.4 Å². The number of rotatable bonds is 15. The third kappa shape index (κ3) is 16.1. The Labute approximate surface area is 116 Å². The van der Waals surface area contributed by atoms with Crippen molar-refractivity contribution in [3.05, 3.63) is 0 Å². The van der Waals surface area contributed by atoms with Crippen LogP contribution in [0.4, 0.5) is 0 Å². The first-order valence-corrected chi connectivity index (χ1v) is 8.53. The molecule has 0 unspecified atom stereocenters. The molecule has 0 bridgehead atoms. The van der Waals surface area contributed by atoms with E-state index in [-0.39, 0.29) is 0 Å². The fourth-order valence-electron chi connectivity index (χ4n) is 1.48. The molecule has 0 N–H and O–H groups in total. The lowest BCUT2D eigenvalue weighted by Crippen LogP contribution is -2.11. The average Bonchev–Trinajstić information content (AvgIpc) is 2.39. The summed E-state index contributed by atoms with van der Waals surface area (Å²) in [4.78, 5) is 0. The molecule has 108 valence electrons. The molecule has 18 heavy (non-hydrogen) atoms. The Morgan fingerprint density at radius 3 is 2.06 bits per heavy atom. The lowest BCUT2D eigenvalue weighted by Gasteiger charge is -2.06. The molecule has 0 atom stereocenters. The minimum Gasteiger partial charge on any atom is -0.415 e. The lowest BCUT2D eigenvalue weighted by molar-refractivity contribution is 0.0355. The van der Waals surface area contributed by atoms with Gasteiger partial charge in [0.15, 0.2) is 0 Å². The number of hydrogen-bond donors (Lipinski definition) is 0. The smallest absolute Gasteiger partial charge is 0.229 e. The first-order valence-electron chi connectivity index (χ1n) is 7.42. The highest BCUT2D eigenvalue weighted by atomic mass is 28.2. The van der Waals surface area contributed by atoms with Crippen molar-refractivity contribution in [2.75, 3.05) is 33.0 Å². The van der Waals surface area contributed by atoms with Gasteiger partial charge in [0.2, 0.25) is 9.76 Å². The van der Waals surface area contributed by atoms with Gasteiger partial charge in [0, 0.05) is 6.61 Å². The molecule has 0 aliphatic heterocycles. The molecule has 0 spiro atoms. The predicted molar refractivity (Wildman–Crippen MR) is 77.2 cm³/mol. The molecule has 0 saturated heterocycles. The maximum absolute atomic E-state index is 5.49. The Balaban J connectivity index is 2.86. The minimum atomic E-state index is 0.633. The number of unbranched alkanes of at least 4 members (excludes halogenated alkanes) is 4. The van der Waals surface area contributed by atoms with Gasteiger partial charge < -0.3 is 13.9 Å². The Hall–Kier alpha value is 0.0969. The summed E-state index contributed by atoms with van der Waals surface area (Å²) in [6.07, 6.45) is 7.66. The van der Waals surface area contributed by atoms with Crippen LogP contribution in [0, 0.1) is 0 Å². The molecule has 0 amide bonds. The molecule has 0 aromatic rings. The highest BCUT2D eigenvalue weighted by Crippen LogP contribution is 2.02. The Morgan fingerprint density at radius 1 is 0.667 bits per heavy atom. The first kappa shape index (κ1) is 18.1. The van der Waals surface area contributed by atoms with E-state index in [2.05, 4.69) is 13.8 Å². The van der Waals surface area contributed by atoms with E-state index >= 15 is 0 Å². The van der Waals surface area contributed by atoms with Crippen LogP contribution in [0.3, 0.4) is 0 Å². The molecule has 3 nitrogen and oxygen atoms in total. The van der Waals surface area contributed by atoms with Gasteiger partial charge in [-0.1, -0.05) is 46.0 Å². The molecule has 0 fully saturated rings. The highest BCUT2D eigenvalue weighted by molar-refractivity contribution is 6.26. The zero-order chi connectivity index (χ0) is 13.3. The second kappa shape index (κ2) is 17.1. The zero-order valence-electron chi connectivity index (χ0n) is 12.2. The van der Waals surface area contributed by atoms with Gasteiger partial charge in [-0.2, -0.15) is 0 Å². The molecular weight excluding hydrogens is 244 g/mol. The van der Waals surface area contributed by atoms with Crippen molar-refractivity contribution in [2.24, 2.45) is 0 Å². The summed E-state index contributed by atoms with van der Waals surface area (Å²) in [6, 6.07) is 1.17. The molecule has 0 aliphatic rings. The number of ether oxygens (including phenoxy) is 2. The topological polar surface area (TPSA) is 27.7 Å². The van der Waals surface area contributed by atoms with Crippen LogP contribution in [0.2, 0.25) is 6.04 Å². The Kier molecular flexibility index (Phi) is 17.2. The minimum absolute atomic E-state index is 0.633. The van der Waals surface area contributed by atoms with E-state index in [4.69, 9.17) is 13.9 Å². The molecule has 0 heterocycles. The monoisotopic (exact) mass is 274 g/mol. The molecule has 0 saturated carbocycles. The van der Waals surface area contributed by atoms with Crippen molar-refractivity contribution >= 4 is 9.76 Å². The molecule has 0 aromatic carbocycles. The average molecular weight is 274 g/mol. The third-order valence-electron chi connectivity index (χ3n) is 2.55. The van der Waals surface area contributed by atoms with Crippen molar-refractivity contribution < 1.29 is 13.9 Å². The van der Waals surface area contributed by atoms with Gasteiger partial charge in [-0.3, -0.25) is 0 Å². The van der Waals surface area contributed by atoms with Crippen molar-refractivity contribution in [1.29, 1.82) is 0 Å². The largest absolute Gasteiger partial charge is 0.415 e. The lowest BCUT2D eigenvalue weighted by atomic mass is 10.2. The molecular formula is C14H30O3Si. The summed E-state index contributed by atoms with van der Waals surface area (Å²) in [5, 5.41) is 0. The summed E-state index contributed by atoms with van der Waals surface area (Å²) in [5.74, 6) is 0. The van der Waals surface area contributed by atoms with Crippen LogP contribution >= 0.6 is 0 Å². The Morgan fingerprint density at radius 2 is 1.33 bits per heavy atom. The third-order valence-corrected chi connectivity index (χ3v) is 3.66. The maximum atomic E-state index is 5.49. The second-order valence-electron chi connectivity index (χ2n) is 4.38. The SMILES string of the molecule is CCCCCCCOCCOCCO[Si]CCC. The van der Waals surface area contributed by atoms with E-state index in [1.807, 2.05) is 0 Å². The van der Waals surface area contributed by atoms with Gasteiger partial charge in [-0.15, -0.1) is 0 Å². The normalized spacial score (nSPS) is 11.0. The summed E-state index contributed by atoms with van der Waals surface area (Å²) < 4.78 is 16.3. The molecule has 4 heteroatoms.